The molecule has 4 aromatic rings. The summed E-state index contributed by atoms with van der Waals surface area (Å²) in [6.45, 7) is 3.46. The number of rotatable bonds is 9. The van der Waals surface area contributed by atoms with Crippen LogP contribution in [0.25, 0.3) is 16.9 Å². The number of amides is 2. The van der Waals surface area contributed by atoms with Crippen LogP contribution in [-0.2, 0) is 4.79 Å². The van der Waals surface area contributed by atoms with Gasteiger partial charge in [-0.2, -0.15) is 5.10 Å². The standard InChI is InChI=1S/C29H29FN4O4/c1-19(2)33(29(36)21-14-24(37-3)16-25(15-21)38-4)18-28(35)31-27-17-26(20-8-6-5-7-9-20)32-34(27)23-12-10-22(30)11-13-23/h5-17,19H,18H2,1-4H3,(H,31,35). The second-order valence-electron chi connectivity index (χ2n) is 8.85. The first-order valence-corrected chi connectivity index (χ1v) is 12.0. The largest absolute Gasteiger partial charge is 0.497 e. The van der Waals surface area contributed by atoms with Gasteiger partial charge in [0.05, 0.1) is 25.6 Å². The zero-order valence-electron chi connectivity index (χ0n) is 21.6. The van der Waals surface area contributed by atoms with Crippen LogP contribution in [0.3, 0.4) is 0 Å². The summed E-state index contributed by atoms with van der Waals surface area (Å²) in [7, 11) is 3.01. The highest BCUT2D eigenvalue weighted by molar-refractivity contribution is 6.00. The van der Waals surface area contributed by atoms with E-state index < -0.39 is 5.91 Å². The van der Waals surface area contributed by atoms with Gasteiger partial charge in [-0.05, 0) is 50.2 Å². The molecule has 8 nitrogen and oxygen atoms in total. The van der Waals surface area contributed by atoms with Crippen molar-refractivity contribution in [3.8, 4) is 28.4 Å². The number of nitrogens with one attached hydrogen (secondary N) is 1. The molecule has 0 saturated carbocycles. The number of halogens is 1. The first kappa shape index (κ1) is 26.4. The molecule has 0 aliphatic carbocycles. The number of benzene rings is 3. The smallest absolute Gasteiger partial charge is 0.254 e. The second kappa shape index (κ2) is 11.6. The Kier molecular flexibility index (Phi) is 8.06. The maximum atomic E-state index is 13.6. The lowest BCUT2D eigenvalue weighted by Crippen LogP contribution is -2.42. The molecular formula is C29H29FN4O4. The number of hydrogen-bond donors (Lipinski definition) is 1. The number of methoxy groups -OCH3 is 2. The molecule has 0 spiro atoms. The first-order chi connectivity index (χ1) is 18.3. The van der Waals surface area contributed by atoms with Crippen molar-refractivity contribution in [3.63, 3.8) is 0 Å². The van der Waals surface area contributed by atoms with Crippen molar-refractivity contribution in [1.29, 1.82) is 0 Å². The monoisotopic (exact) mass is 516 g/mol. The molecule has 0 bridgehead atoms. The van der Waals surface area contributed by atoms with Crippen molar-refractivity contribution in [2.45, 2.75) is 19.9 Å². The molecule has 196 valence electrons. The van der Waals surface area contributed by atoms with Gasteiger partial charge in [-0.15, -0.1) is 0 Å². The number of ether oxygens (including phenoxy) is 2. The molecule has 0 unspecified atom stereocenters. The van der Waals surface area contributed by atoms with Crippen molar-refractivity contribution in [3.05, 3.63) is 90.2 Å². The Bertz CT molecular complexity index is 1400. The third kappa shape index (κ3) is 6.00. The predicted octanol–water partition coefficient (Wildman–Crippen LogP) is 5.18. The minimum Gasteiger partial charge on any atom is -0.497 e. The molecule has 3 aromatic carbocycles. The van der Waals surface area contributed by atoms with E-state index in [-0.39, 0.29) is 24.3 Å². The topological polar surface area (TPSA) is 85.7 Å². The lowest BCUT2D eigenvalue weighted by molar-refractivity contribution is -0.117. The zero-order chi connectivity index (χ0) is 27.2. The molecule has 0 radical (unpaired) electrons. The SMILES string of the molecule is COc1cc(OC)cc(C(=O)N(CC(=O)Nc2cc(-c3ccccc3)nn2-c2ccc(F)cc2)C(C)C)c1. The molecule has 1 N–H and O–H groups in total. The minimum atomic E-state index is -0.412. The Morgan fingerprint density at radius 1 is 0.947 bits per heavy atom. The van der Waals surface area contributed by atoms with E-state index in [4.69, 9.17) is 9.47 Å². The summed E-state index contributed by atoms with van der Waals surface area (Å²) >= 11 is 0. The van der Waals surface area contributed by atoms with E-state index in [1.54, 1.807) is 36.4 Å². The van der Waals surface area contributed by atoms with Crippen LogP contribution in [0.2, 0.25) is 0 Å². The predicted molar refractivity (Wildman–Crippen MR) is 143 cm³/mol. The molecule has 0 aliphatic heterocycles. The van der Waals surface area contributed by atoms with Gasteiger partial charge in [-0.1, -0.05) is 30.3 Å². The molecule has 2 amide bonds. The summed E-state index contributed by atoms with van der Waals surface area (Å²) in [6, 6.07) is 21.7. The van der Waals surface area contributed by atoms with E-state index >= 15 is 0 Å². The van der Waals surface area contributed by atoms with Crippen LogP contribution in [0.1, 0.15) is 24.2 Å². The molecule has 0 fully saturated rings. The van der Waals surface area contributed by atoms with E-state index in [1.807, 2.05) is 44.2 Å². The summed E-state index contributed by atoms with van der Waals surface area (Å²) in [5, 5.41) is 7.51. The van der Waals surface area contributed by atoms with Gasteiger partial charge >= 0.3 is 0 Å². The van der Waals surface area contributed by atoms with Gasteiger partial charge in [0, 0.05) is 29.3 Å². The van der Waals surface area contributed by atoms with E-state index in [1.165, 1.54) is 35.9 Å². The van der Waals surface area contributed by atoms with Crippen LogP contribution in [0, 0.1) is 5.82 Å². The molecule has 38 heavy (non-hydrogen) atoms. The van der Waals surface area contributed by atoms with Gasteiger partial charge in [0.15, 0.2) is 0 Å². The van der Waals surface area contributed by atoms with Crippen LogP contribution in [0.15, 0.2) is 78.9 Å². The Morgan fingerprint density at radius 3 is 2.16 bits per heavy atom. The average molecular weight is 517 g/mol. The normalized spacial score (nSPS) is 10.8. The number of hydrogen-bond acceptors (Lipinski definition) is 5. The van der Waals surface area contributed by atoms with Crippen molar-refractivity contribution < 1.29 is 23.5 Å². The summed E-state index contributed by atoms with van der Waals surface area (Å²) in [5.41, 5.74) is 2.40. The third-order valence-electron chi connectivity index (χ3n) is 5.91. The van der Waals surface area contributed by atoms with Gasteiger partial charge in [-0.3, -0.25) is 9.59 Å². The fourth-order valence-electron chi connectivity index (χ4n) is 3.92. The first-order valence-electron chi connectivity index (χ1n) is 12.0. The maximum absolute atomic E-state index is 13.6. The second-order valence-corrected chi connectivity index (χ2v) is 8.85. The van der Waals surface area contributed by atoms with Gasteiger partial charge in [0.25, 0.3) is 5.91 Å². The highest BCUT2D eigenvalue weighted by atomic mass is 19.1. The zero-order valence-corrected chi connectivity index (χ0v) is 21.6. The van der Waals surface area contributed by atoms with Crippen molar-refractivity contribution >= 4 is 17.6 Å². The van der Waals surface area contributed by atoms with Gasteiger partial charge < -0.3 is 19.7 Å². The van der Waals surface area contributed by atoms with E-state index in [2.05, 4.69) is 10.4 Å². The summed E-state index contributed by atoms with van der Waals surface area (Å²) in [4.78, 5) is 28.1. The molecule has 0 atom stereocenters. The summed E-state index contributed by atoms with van der Waals surface area (Å²) in [5.74, 6) is 0.193. The lowest BCUT2D eigenvalue weighted by Gasteiger charge is -2.26. The van der Waals surface area contributed by atoms with Crippen LogP contribution in [-0.4, -0.2) is 53.3 Å². The number of nitrogens with zero attached hydrogens (tertiary/aromatic N) is 3. The molecule has 0 aliphatic rings. The summed E-state index contributed by atoms with van der Waals surface area (Å²) < 4.78 is 25.7. The highest BCUT2D eigenvalue weighted by Crippen LogP contribution is 2.26. The van der Waals surface area contributed by atoms with Crippen LogP contribution < -0.4 is 14.8 Å². The van der Waals surface area contributed by atoms with E-state index in [0.717, 1.165) is 5.56 Å². The van der Waals surface area contributed by atoms with Gasteiger partial charge in [0.1, 0.15) is 29.7 Å². The molecule has 9 heteroatoms. The van der Waals surface area contributed by atoms with Crippen molar-refractivity contribution in [1.82, 2.24) is 14.7 Å². The molecule has 1 aromatic heterocycles. The molecule has 1 heterocycles. The Morgan fingerprint density at radius 2 is 1.58 bits per heavy atom. The van der Waals surface area contributed by atoms with Gasteiger partial charge in [-0.25, -0.2) is 9.07 Å². The number of carbonyl (C=O) groups is 2. The van der Waals surface area contributed by atoms with Crippen molar-refractivity contribution in [2.24, 2.45) is 0 Å². The number of anilines is 1. The van der Waals surface area contributed by atoms with Crippen LogP contribution >= 0.6 is 0 Å². The Hall–Kier alpha value is -4.66. The van der Waals surface area contributed by atoms with Crippen LogP contribution in [0.4, 0.5) is 10.2 Å². The average Bonchev–Trinajstić information content (AvgIpc) is 3.35. The minimum absolute atomic E-state index is 0.203. The van der Waals surface area contributed by atoms with Crippen LogP contribution in [0.5, 0.6) is 11.5 Å². The van der Waals surface area contributed by atoms with Gasteiger partial charge in [0.2, 0.25) is 5.91 Å². The molecular weight excluding hydrogens is 487 g/mol. The quantitative estimate of drug-likeness (QED) is 0.331. The summed E-state index contributed by atoms with van der Waals surface area (Å²) in [6.07, 6.45) is 0. The van der Waals surface area contributed by atoms with Crippen molar-refractivity contribution in [2.75, 3.05) is 26.1 Å². The maximum Gasteiger partial charge on any atom is 0.254 e. The number of carbonyl (C=O) groups excluding carboxylic acids is 2. The molecule has 0 saturated heterocycles. The highest BCUT2D eigenvalue weighted by Gasteiger charge is 2.24. The Balaban J connectivity index is 1.61. The molecule has 4 rings (SSSR count). The fourth-order valence-corrected chi connectivity index (χ4v) is 3.92. The van der Waals surface area contributed by atoms with E-state index in [9.17, 15) is 14.0 Å². The van der Waals surface area contributed by atoms with E-state index in [0.29, 0.717) is 34.3 Å². The fraction of sp³-hybridized carbons (Fsp3) is 0.207. The lowest BCUT2D eigenvalue weighted by atomic mass is 10.1. The Labute approximate surface area is 220 Å². The number of aromatic nitrogens is 2. The third-order valence-corrected chi connectivity index (χ3v) is 5.91.